The molecule has 1 atom stereocenters. The van der Waals surface area contributed by atoms with E-state index < -0.39 is 11.4 Å². The van der Waals surface area contributed by atoms with E-state index in [1.165, 1.54) is 5.56 Å². The molecule has 0 saturated carbocycles. The van der Waals surface area contributed by atoms with Gasteiger partial charge in [-0.05, 0) is 30.9 Å². The van der Waals surface area contributed by atoms with Crippen LogP contribution in [0.1, 0.15) is 25.0 Å². The molecule has 0 aliphatic heterocycles. The highest BCUT2D eigenvalue weighted by Crippen LogP contribution is 2.22. The fourth-order valence-electron chi connectivity index (χ4n) is 1.58. The summed E-state index contributed by atoms with van der Waals surface area (Å²) in [6.07, 6.45) is 1.47. The van der Waals surface area contributed by atoms with Crippen LogP contribution >= 0.6 is 0 Å². The van der Waals surface area contributed by atoms with E-state index >= 15 is 0 Å². The third kappa shape index (κ3) is 2.83. The van der Waals surface area contributed by atoms with E-state index in [4.69, 9.17) is 10.8 Å². The predicted octanol–water partition coefficient (Wildman–Crippen LogP) is 1.84. The van der Waals surface area contributed by atoms with Crippen LogP contribution in [0.4, 0.5) is 0 Å². The van der Waals surface area contributed by atoms with Gasteiger partial charge in [0.15, 0.2) is 0 Å². The largest absolute Gasteiger partial charge is 0.481 e. The first-order valence-corrected chi connectivity index (χ1v) is 5.53. The monoisotopic (exact) mass is 221 g/mol. The molecule has 0 radical (unpaired) electrons. The number of carboxylic acids is 1. The summed E-state index contributed by atoms with van der Waals surface area (Å²) in [4.78, 5) is 11.1. The molecule has 0 amide bonds. The minimum atomic E-state index is -0.867. The molecule has 0 saturated heterocycles. The summed E-state index contributed by atoms with van der Waals surface area (Å²) in [6, 6.07) is 8.04. The number of carboxylic acid groups (broad SMARTS) is 1. The van der Waals surface area contributed by atoms with Gasteiger partial charge in [-0.1, -0.05) is 31.2 Å². The normalized spacial score (nSPS) is 14.4. The Morgan fingerprint density at radius 1 is 1.31 bits per heavy atom. The lowest BCUT2D eigenvalue weighted by atomic mass is 9.83. The second-order valence-electron chi connectivity index (χ2n) is 4.42. The van der Waals surface area contributed by atoms with Crippen LogP contribution in [0.2, 0.25) is 0 Å². The zero-order valence-corrected chi connectivity index (χ0v) is 9.86. The van der Waals surface area contributed by atoms with Crippen LogP contribution in [0.25, 0.3) is 0 Å². The maximum absolute atomic E-state index is 11.1. The Morgan fingerprint density at radius 3 is 2.19 bits per heavy atom. The first kappa shape index (κ1) is 12.7. The SMILES string of the molecule is CCc1ccc(CC(C)(CN)C(=O)O)cc1. The molecule has 0 aliphatic rings. The highest BCUT2D eigenvalue weighted by atomic mass is 16.4. The molecule has 0 spiro atoms. The molecule has 1 aromatic carbocycles. The Hall–Kier alpha value is -1.35. The Bertz CT molecular complexity index is 359. The summed E-state index contributed by atoms with van der Waals surface area (Å²) in [5.41, 5.74) is 6.94. The zero-order chi connectivity index (χ0) is 12.2. The van der Waals surface area contributed by atoms with Gasteiger partial charge in [0.2, 0.25) is 0 Å². The number of aliphatic carboxylic acids is 1. The average molecular weight is 221 g/mol. The van der Waals surface area contributed by atoms with E-state index in [2.05, 4.69) is 6.92 Å². The van der Waals surface area contributed by atoms with Crippen molar-refractivity contribution in [3.63, 3.8) is 0 Å². The predicted molar refractivity (Wildman–Crippen MR) is 64.3 cm³/mol. The molecule has 3 heteroatoms. The fourth-order valence-corrected chi connectivity index (χ4v) is 1.58. The molecule has 0 aliphatic carbocycles. The molecular weight excluding hydrogens is 202 g/mol. The van der Waals surface area contributed by atoms with E-state index in [0.29, 0.717) is 6.42 Å². The second kappa shape index (κ2) is 5.12. The summed E-state index contributed by atoms with van der Waals surface area (Å²) in [6.45, 7) is 3.93. The lowest BCUT2D eigenvalue weighted by molar-refractivity contribution is -0.147. The van der Waals surface area contributed by atoms with Crippen LogP contribution in [0, 0.1) is 5.41 Å². The Balaban J connectivity index is 2.82. The van der Waals surface area contributed by atoms with Crippen molar-refractivity contribution in [1.82, 2.24) is 0 Å². The summed E-state index contributed by atoms with van der Waals surface area (Å²) >= 11 is 0. The maximum atomic E-state index is 11.1. The summed E-state index contributed by atoms with van der Waals surface area (Å²) < 4.78 is 0. The van der Waals surface area contributed by atoms with Crippen molar-refractivity contribution >= 4 is 5.97 Å². The van der Waals surface area contributed by atoms with Gasteiger partial charge in [-0.25, -0.2) is 0 Å². The first-order chi connectivity index (χ1) is 7.51. The van der Waals surface area contributed by atoms with Gasteiger partial charge in [0.1, 0.15) is 0 Å². The van der Waals surface area contributed by atoms with Crippen LogP contribution in [-0.4, -0.2) is 17.6 Å². The molecule has 0 fully saturated rings. The van der Waals surface area contributed by atoms with Crippen molar-refractivity contribution in [3.05, 3.63) is 35.4 Å². The van der Waals surface area contributed by atoms with Gasteiger partial charge in [-0.15, -0.1) is 0 Å². The first-order valence-electron chi connectivity index (χ1n) is 5.53. The molecule has 0 bridgehead atoms. The van der Waals surface area contributed by atoms with E-state index in [1.807, 2.05) is 24.3 Å². The Labute approximate surface area is 96.3 Å². The number of aryl methyl sites for hydroxylation is 1. The Kier molecular flexibility index (Phi) is 4.07. The van der Waals surface area contributed by atoms with Gasteiger partial charge in [-0.3, -0.25) is 4.79 Å². The lowest BCUT2D eigenvalue weighted by Crippen LogP contribution is -2.37. The molecule has 1 unspecified atom stereocenters. The van der Waals surface area contributed by atoms with Crippen molar-refractivity contribution in [2.24, 2.45) is 11.1 Å². The number of nitrogens with two attached hydrogens (primary N) is 1. The summed E-state index contributed by atoms with van der Waals surface area (Å²) in [7, 11) is 0. The lowest BCUT2D eigenvalue weighted by Gasteiger charge is -2.22. The van der Waals surface area contributed by atoms with Gasteiger partial charge < -0.3 is 10.8 Å². The van der Waals surface area contributed by atoms with Crippen LogP contribution in [0.15, 0.2) is 24.3 Å². The maximum Gasteiger partial charge on any atom is 0.310 e. The van der Waals surface area contributed by atoms with Gasteiger partial charge in [0.05, 0.1) is 5.41 Å². The summed E-state index contributed by atoms with van der Waals surface area (Å²) in [5.74, 6) is -0.838. The molecule has 0 heterocycles. The quantitative estimate of drug-likeness (QED) is 0.797. The molecule has 88 valence electrons. The molecule has 1 rings (SSSR count). The van der Waals surface area contributed by atoms with E-state index in [9.17, 15) is 4.79 Å². The van der Waals surface area contributed by atoms with Gasteiger partial charge >= 0.3 is 5.97 Å². The zero-order valence-electron chi connectivity index (χ0n) is 9.86. The standard InChI is InChI=1S/C13H19NO2/c1-3-10-4-6-11(7-5-10)8-13(2,9-14)12(15)16/h4-7H,3,8-9,14H2,1-2H3,(H,15,16). The fraction of sp³-hybridized carbons (Fsp3) is 0.462. The average Bonchev–Trinajstić information content (AvgIpc) is 2.29. The minimum absolute atomic E-state index is 0.151. The minimum Gasteiger partial charge on any atom is -0.481 e. The van der Waals surface area contributed by atoms with Crippen LogP contribution in [0.3, 0.4) is 0 Å². The molecule has 1 aromatic rings. The molecule has 16 heavy (non-hydrogen) atoms. The smallest absolute Gasteiger partial charge is 0.310 e. The third-order valence-corrected chi connectivity index (χ3v) is 2.99. The highest BCUT2D eigenvalue weighted by molar-refractivity contribution is 5.74. The Morgan fingerprint density at radius 2 is 1.81 bits per heavy atom. The highest BCUT2D eigenvalue weighted by Gasteiger charge is 2.31. The molecule has 3 nitrogen and oxygen atoms in total. The number of hydrogen-bond acceptors (Lipinski definition) is 2. The van der Waals surface area contributed by atoms with Crippen molar-refractivity contribution < 1.29 is 9.90 Å². The van der Waals surface area contributed by atoms with Gasteiger partial charge in [-0.2, -0.15) is 0 Å². The number of rotatable bonds is 5. The van der Waals surface area contributed by atoms with Crippen molar-refractivity contribution in [3.8, 4) is 0 Å². The topological polar surface area (TPSA) is 63.3 Å². The van der Waals surface area contributed by atoms with Crippen molar-refractivity contribution in [1.29, 1.82) is 0 Å². The van der Waals surface area contributed by atoms with E-state index in [0.717, 1.165) is 12.0 Å². The molecule has 0 aromatic heterocycles. The van der Waals surface area contributed by atoms with E-state index in [1.54, 1.807) is 6.92 Å². The van der Waals surface area contributed by atoms with Crippen molar-refractivity contribution in [2.45, 2.75) is 26.7 Å². The number of carbonyl (C=O) groups is 1. The molecular formula is C13H19NO2. The third-order valence-electron chi connectivity index (χ3n) is 2.99. The van der Waals surface area contributed by atoms with Gasteiger partial charge in [0, 0.05) is 6.54 Å². The van der Waals surface area contributed by atoms with Crippen molar-refractivity contribution in [2.75, 3.05) is 6.54 Å². The van der Waals surface area contributed by atoms with E-state index in [-0.39, 0.29) is 6.54 Å². The van der Waals surface area contributed by atoms with Crippen LogP contribution in [0.5, 0.6) is 0 Å². The number of hydrogen-bond donors (Lipinski definition) is 2. The van der Waals surface area contributed by atoms with Crippen LogP contribution in [-0.2, 0) is 17.6 Å². The van der Waals surface area contributed by atoms with Crippen LogP contribution < -0.4 is 5.73 Å². The second-order valence-corrected chi connectivity index (χ2v) is 4.42. The number of benzene rings is 1. The van der Waals surface area contributed by atoms with Gasteiger partial charge in [0.25, 0.3) is 0 Å². The summed E-state index contributed by atoms with van der Waals surface area (Å²) in [5, 5.41) is 9.11. The molecule has 3 N–H and O–H groups in total.